The van der Waals surface area contributed by atoms with Gasteiger partial charge in [0.15, 0.2) is 0 Å². The lowest BCUT2D eigenvalue weighted by Gasteiger charge is -2.22. The van der Waals surface area contributed by atoms with Crippen molar-refractivity contribution in [2.75, 3.05) is 13.2 Å². The number of carbonyl (C=O) groups excluding carboxylic acids is 1. The highest BCUT2D eigenvalue weighted by molar-refractivity contribution is 5.78. The van der Waals surface area contributed by atoms with Crippen molar-refractivity contribution in [3.05, 3.63) is 58.6 Å². The van der Waals surface area contributed by atoms with Crippen molar-refractivity contribution in [3.8, 4) is 17.0 Å². The Labute approximate surface area is 188 Å². The van der Waals surface area contributed by atoms with Crippen LogP contribution in [0, 0.1) is 0 Å². The smallest absolute Gasteiger partial charge is 0.416 e. The number of hydrogen-bond donors (Lipinski definition) is 2. The van der Waals surface area contributed by atoms with Crippen LogP contribution in [0.1, 0.15) is 32.8 Å². The summed E-state index contributed by atoms with van der Waals surface area (Å²) in [5.41, 5.74) is -1.47. The van der Waals surface area contributed by atoms with Crippen LogP contribution in [0.3, 0.4) is 0 Å². The normalized spacial score (nSPS) is 12.2. The second-order valence-corrected chi connectivity index (χ2v) is 8.68. The third-order valence-corrected chi connectivity index (χ3v) is 4.71. The Hall–Kier alpha value is -3.27. The Balaban J connectivity index is 2.14. The van der Waals surface area contributed by atoms with Crippen molar-refractivity contribution in [1.29, 1.82) is 0 Å². The number of aromatic nitrogens is 2. The van der Waals surface area contributed by atoms with E-state index < -0.39 is 28.7 Å². The van der Waals surface area contributed by atoms with Crippen LogP contribution in [0.25, 0.3) is 16.8 Å². The molecule has 3 rings (SSSR count). The number of aliphatic hydroxyl groups is 1. The average Bonchev–Trinajstić information content (AvgIpc) is 3.11. The third-order valence-electron chi connectivity index (χ3n) is 4.71. The van der Waals surface area contributed by atoms with Gasteiger partial charge < -0.3 is 19.6 Å². The first-order valence-electron chi connectivity index (χ1n) is 10.4. The molecule has 3 aromatic rings. The molecule has 2 heterocycles. The van der Waals surface area contributed by atoms with E-state index in [4.69, 9.17) is 9.84 Å². The van der Waals surface area contributed by atoms with Crippen LogP contribution in [0.15, 0.2) is 47.5 Å². The van der Waals surface area contributed by atoms with Crippen molar-refractivity contribution in [1.82, 2.24) is 14.3 Å². The molecular formula is C23H26F3N3O4. The molecule has 178 valence electrons. The first-order valence-corrected chi connectivity index (χ1v) is 10.4. The summed E-state index contributed by atoms with van der Waals surface area (Å²) in [7, 11) is 0. The molecule has 2 aromatic heterocycles. The number of alkyl halides is 3. The number of nitrogens with zero attached hydrogens (tertiary/aromatic N) is 2. The van der Waals surface area contributed by atoms with Gasteiger partial charge >= 0.3 is 6.18 Å². The molecule has 1 aromatic carbocycles. The molecule has 0 saturated heterocycles. The van der Waals surface area contributed by atoms with Crippen molar-refractivity contribution in [2.24, 2.45) is 0 Å². The van der Waals surface area contributed by atoms with E-state index >= 15 is 0 Å². The monoisotopic (exact) mass is 465 g/mol. The lowest BCUT2D eigenvalue weighted by Crippen LogP contribution is -2.43. The largest absolute Gasteiger partial charge is 0.492 e. The zero-order valence-corrected chi connectivity index (χ0v) is 18.6. The number of halogens is 3. The zero-order chi connectivity index (χ0) is 24.4. The van der Waals surface area contributed by atoms with Gasteiger partial charge in [0.05, 0.1) is 24.1 Å². The first kappa shape index (κ1) is 24.4. The Morgan fingerprint density at radius 2 is 1.88 bits per heavy atom. The number of rotatable bonds is 7. The van der Waals surface area contributed by atoms with Crippen molar-refractivity contribution < 1.29 is 27.8 Å². The van der Waals surface area contributed by atoms with Gasteiger partial charge in [0.1, 0.15) is 17.8 Å². The minimum absolute atomic E-state index is 0.0528. The maximum atomic E-state index is 13.3. The van der Waals surface area contributed by atoms with Gasteiger partial charge in [-0.1, -0.05) is 12.1 Å². The van der Waals surface area contributed by atoms with Crippen molar-refractivity contribution in [3.63, 3.8) is 0 Å². The van der Waals surface area contributed by atoms with Crippen LogP contribution >= 0.6 is 0 Å². The predicted molar refractivity (Wildman–Crippen MR) is 117 cm³/mol. The van der Waals surface area contributed by atoms with Gasteiger partial charge in [-0.05, 0) is 32.9 Å². The fourth-order valence-electron chi connectivity index (χ4n) is 3.36. The van der Waals surface area contributed by atoms with E-state index in [1.165, 1.54) is 35.0 Å². The Kier molecular flexibility index (Phi) is 6.87. The molecule has 0 aliphatic rings. The van der Waals surface area contributed by atoms with Crippen LogP contribution in [0.4, 0.5) is 13.2 Å². The van der Waals surface area contributed by atoms with Gasteiger partial charge in [0, 0.05) is 36.4 Å². The lowest BCUT2D eigenvalue weighted by atomic mass is 10.1. The number of hydrogen-bond acceptors (Lipinski definition) is 4. The fourth-order valence-corrected chi connectivity index (χ4v) is 3.36. The number of fused-ring (bicyclic) bond motifs is 1. The molecule has 0 unspecified atom stereocenters. The fraction of sp³-hybridized carbons (Fsp3) is 0.391. The number of aliphatic hydroxyl groups excluding tert-OH is 1. The summed E-state index contributed by atoms with van der Waals surface area (Å²) < 4.78 is 48.0. The van der Waals surface area contributed by atoms with Crippen molar-refractivity contribution in [2.45, 2.75) is 45.5 Å². The van der Waals surface area contributed by atoms with Crippen molar-refractivity contribution >= 4 is 11.4 Å². The lowest BCUT2D eigenvalue weighted by molar-refractivity contribution is -0.137. The molecule has 0 aliphatic heterocycles. The van der Waals surface area contributed by atoms with E-state index in [0.29, 0.717) is 12.2 Å². The molecule has 10 heteroatoms. The molecule has 33 heavy (non-hydrogen) atoms. The summed E-state index contributed by atoms with van der Waals surface area (Å²) in [6.07, 6.45) is -1.13. The maximum absolute atomic E-state index is 13.3. The molecule has 2 N–H and O–H groups in total. The minimum atomic E-state index is -4.56. The summed E-state index contributed by atoms with van der Waals surface area (Å²) in [4.78, 5) is 25.9. The van der Waals surface area contributed by atoms with Gasteiger partial charge in [-0.25, -0.2) is 0 Å². The topological polar surface area (TPSA) is 85.0 Å². The number of ether oxygens (including phenoxy) is 1. The number of carbonyl (C=O) groups is 1. The molecule has 0 bridgehead atoms. The third kappa shape index (κ3) is 5.95. The molecule has 1 amide bonds. The van der Waals surface area contributed by atoms with Crippen LogP contribution in [-0.2, 0) is 17.5 Å². The van der Waals surface area contributed by atoms with E-state index in [1.54, 1.807) is 20.8 Å². The van der Waals surface area contributed by atoms with E-state index in [2.05, 4.69) is 5.32 Å². The average molecular weight is 465 g/mol. The summed E-state index contributed by atoms with van der Waals surface area (Å²) in [6.45, 7) is 5.16. The Morgan fingerprint density at radius 1 is 1.15 bits per heavy atom. The molecule has 0 saturated carbocycles. The summed E-state index contributed by atoms with van der Waals surface area (Å²) in [5, 5.41) is 11.7. The van der Waals surface area contributed by atoms with Gasteiger partial charge in [-0.15, -0.1) is 0 Å². The SMILES string of the molecule is CC(C)(C)NC(=O)Cn1c(-c2cccc(C(F)(F)F)c2)cn2cc(OCCCO)cc2c1=O. The van der Waals surface area contributed by atoms with E-state index in [9.17, 15) is 22.8 Å². The second-order valence-electron chi connectivity index (χ2n) is 8.68. The van der Waals surface area contributed by atoms with Gasteiger partial charge in [0.25, 0.3) is 5.56 Å². The second kappa shape index (κ2) is 9.30. The molecule has 0 aliphatic carbocycles. The van der Waals surface area contributed by atoms with E-state index in [1.807, 2.05) is 0 Å². The van der Waals surface area contributed by atoms with Gasteiger partial charge in [0.2, 0.25) is 5.91 Å². The number of benzene rings is 1. The minimum Gasteiger partial charge on any atom is -0.492 e. The molecular weight excluding hydrogens is 439 g/mol. The van der Waals surface area contributed by atoms with Crippen LogP contribution < -0.4 is 15.6 Å². The van der Waals surface area contributed by atoms with E-state index in [-0.39, 0.29) is 36.5 Å². The summed E-state index contributed by atoms with van der Waals surface area (Å²) >= 11 is 0. The maximum Gasteiger partial charge on any atom is 0.416 e. The highest BCUT2D eigenvalue weighted by Crippen LogP contribution is 2.32. The van der Waals surface area contributed by atoms with E-state index in [0.717, 1.165) is 16.7 Å². The summed E-state index contributed by atoms with van der Waals surface area (Å²) in [5.74, 6) is -0.0828. The molecule has 0 spiro atoms. The molecule has 0 atom stereocenters. The number of amides is 1. The quantitative estimate of drug-likeness (QED) is 0.524. The van der Waals surface area contributed by atoms with Crippen LogP contribution in [-0.4, -0.2) is 38.7 Å². The van der Waals surface area contributed by atoms with Gasteiger partial charge in [-0.2, -0.15) is 13.2 Å². The Morgan fingerprint density at radius 3 is 2.52 bits per heavy atom. The number of nitrogens with one attached hydrogen (secondary N) is 1. The Bertz CT molecular complexity index is 1210. The standard InChI is InChI=1S/C23H26F3N3O4/c1-22(2,3)27-20(31)14-29-19(15-6-4-7-16(10-15)23(24,25)26)13-28-12-17(33-9-5-8-30)11-18(28)21(29)32/h4,6-7,10-13,30H,5,8-9,14H2,1-3H3,(H,27,31). The highest BCUT2D eigenvalue weighted by Gasteiger charge is 2.31. The summed E-state index contributed by atoms with van der Waals surface area (Å²) in [6, 6.07) is 6.09. The zero-order valence-electron chi connectivity index (χ0n) is 18.6. The first-order chi connectivity index (χ1) is 15.4. The van der Waals surface area contributed by atoms with Crippen LogP contribution in [0.2, 0.25) is 0 Å². The molecule has 7 nitrogen and oxygen atoms in total. The van der Waals surface area contributed by atoms with Gasteiger partial charge in [-0.3, -0.25) is 14.2 Å². The highest BCUT2D eigenvalue weighted by atomic mass is 19.4. The predicted octanol–water partition coefficient (Wildman–Crippen LogP) is 3.46. The molecule has 0 radical (unpaired) electrons. The van der Waals surface area contributed by atoms with Crippen LogP contribution in [0.5, 0.6) is 5.75 Å². The molecule has 0 fully saturated rings.